The summed E-state index contributed by atoms with van der Waals surface area (Å²) in [7, 11) is 3.98. The zero-order valence-electron chi connectivity index (χ0n) is 19.9. The van der Waals surface area contributed by atoms with Crippen molar-refractivity contribution in [2.75, 3.05) is 39.0 Å². The Morgan fingerprint density at radius 1 is 1.06 bits per heavy atom. The number of rotatable bonds is 0. The second-order valence-corrected chi connectivity index (χ2v) is 8.91. The summed E-state index contributed by atoms with van der Waals surface area (Å²) in [6, 6.07) is 8.10. The zero-order chi connectivity index (χ0) is 23.9. The molecule has 0 saturated heterocycles. The zero-order valence-corrected chi connectivity index (χ0v) is 19.9. The number of aliphatic imine (C=N–C) groups is 1. The monoisotopic (exact) mass is 463 g/mol. The molecular formula is C25H33N7O2. The van der Waals surface area contributed by atoms with Crippen LogP contribution < -0.4 is 5.32 Å². The van der Waals surface area contributed by atoms with E-state index in [0.29, 0.717) is 41.9 Å². The largest absolute Gasteiger partial charge is 0.494 e. The van der Waals surface area contributed by atoms with Gasteiger partial charge in [0.25, 0.3) is 0 Å². The van der Waals surface area contributed by atoms with Gasteiger partial charge in [-0.15, -0.1) is 0 Å². The first-order valence-electron chi connectivity index (χ1n) is 11.9. The molecule has 3 aromatic rings. The van der Waals surface area contributed by atoms with E-state index in [0.717, 1.165) is 44.5 Å². The van der Waals surface area contributed by atoms with Crippen LogP contribution in [0.1, 0.15) is 43.2 Å². The van der Waals surface area contributed by atoms with Crippen LogP contribution in [0.25, 0.3) is 11.0 Å². The Bertz CT molecular complexity index is 1160. The van der Waals surface area contributed by atoms with Gasteiger partial charge in [0.05, 0.1) is 16.6 Å². The van der Waals surface area contributed by atoms with Gasteiger partial charge >= 0.3 is 0 Å². The van der Waals surface area contributed by atoms with E-state index in [1.54, 1.807) is 11.1 Å². The van der Waals surface area contributed by atoms with E-state index < -0.39 is 0 Å². The van der Waals surface area contributed by atoms with E-state index >= 15 is 0 Å². The van der Waals surface area contributed by atoms with Gasteiger partial charge in [0.2, 0.25) is 5.91 Å². The first-order valence-corrected chi connectivity index (χ1v) is 11.9. The van der Waals surface area contributed by atoms with Crippen molar-refractivity contribution < 1.29 is 9.90 Å². The number of hydrogen-bond donors (Lipinski definition) is 3. The summed E-state index contributed by atoms with van der Waals surface area (Å²) in [6.45, 7) is 3.12. The summed E-state index contributed by atoms with van der Waals surface area (Å²) in [5, 5.41) is 14.5. The van der Waals surface area contributed by atoms with Crippen molar-refractivity contribution in [3.63, 3.8) is 0 Å². The standard InChI is InChI=1S/C25H33N7O2/c1-31-12-5-3-4-10-21(33)32(2)13-7-11-26-23-22-20(25(34)30-24(22)29-17-28-23)15-27-19-9-6-8-18(14-19)16-31/h6,8-9,14-15,17,34H,3-5,7,10-13,16H2,1-2H3,(H2,26,28,29,30). The van der Waals surface area contributed by atoms with Crippen molar-refractivity contribution in [1.29, 1.82) is 0 Å². The number of carbonyl (C=O) groups excluding carboxylic acids is 1. The summed E-state index contributed by atoms with van der Waals surface area (Å²) in [5.41, 5.74) is 3.07. The Labute approximate surface area is 199 Å². The summed E-state index contributed by atoms with van der Waals surface area (Å²) >= 11 is 0. The lowest BCUT2D eigenvalue weighted by molar-refractivity contribution is -0.130. The lowest BCUT2D eigenvalue weighted by Gasteiger charge is -2.18. The highest BCUT2D eigenvalue weighted by Gasteiger charge is 2.15. The number of amides is 1. The van der Waals surface area contributed by atoms with Gasteiger partial charge in [-0.05, 0) is 50.6 Å². The molecule has 3 N–H and O–H groups in total. The molecule has 0 radical (unpaired) electrons. The Morgan fingerprint density at radius 2 is 1.94 bits per heavy atom. The molecule has 3 heterocycles. The Kier molecular flexibility index (Phi) is 7.74. The van der Waals surface area contributed by atoms with Crippen LogP contribution in [0.2, 0.25) is 0 Å². The van der Waals surface area contributed by atoms with E-state index in [1.807, 2.05) is 19.2 Å². The molecule has 180 valence electrons. The molecule has 0 spiro atoms. The molecule has 1 aliphatic rings. The first kappa shape index (κ1) is 23.7. The van der Waals surface area contributed by atoms with E-state index in [1.165, 1.54) is 11.9 Å². The van der Waals surface area contributed by atoms with Crippen molar-refractivity contribution in [3.05, 3.63) is 41.7 Å². The van der Waals surface area contributed by atoms with Crippen LogP contribution in [0.4, 0.5) is 11.5 Å². The number of aromatic amines is 1. The SMILES string of the molecule is CN1CCCCCC(=O)N(C)CCCNc2ncnc3[nH]c(O)c(c23)C=Nc2cccc(c2)C1. The predicted molar refractivity (Wildman–Crippen MR) is 135 cm³/mol. The highest BCUT2D eigenvalue weighted by Crippen LogP contribution is 2.29. The molecule has 9 nitrogen and oxygen atoms in total. The molecule has 1 aromatic carbocycles. The van der Waals surface area contributed by atoms with Crippen molar-refractivity contribution in [2.45, 2.75) is 38.6 Å². The molecule has 1 amide bonds. The molecule has 0 fully saturated rings. The molecule has 0 saturated carbocycles. The normalized spacial score (nSPS) is 17.4. The molecule has 2 aromatic heterocycles. The average molecular weight is 464 g/mol. The number of hydrogen-bond acceptors (Lipinski definition) is 7. The molecule has 0 aliphatic carbocycles. The maximum Gasteiger partial charge on any atom is 0.222 e. The third-order valence-electron chi connectivity index (χ3n) is 6.13. The fourth-order valence-corrected chi connectivity index (χ4v) is 4.23. The van der Waals surface area contributed by atoms with Crippen LogP contribution in [-0.4, -0.2) is 75.7 Å². The number of aromatic hydroxyl groups is 1. The molecule has 0 atom stereocenters. The highest BCUT2D eigenvalue weighted by molar-refractivity contribution is 6.06. The van der Waals surface area contributed by atoms with Gasteiger partial charge in [-0.1, -0.05) is 18.6 Å². The summed E-state index contributed by atoms with van der Waals surface area (Å²) < 4.78 is 0. The van der Waals surface area contributed by atoms with Gasteiger partial charge in [-0.2, -0.15) is 0 Å². The molecular weight excluding hydrogens is 430 g/mol. The van der Waals surface area contributed by atoms with Gasteiger partial charge in [0.1, 0.15) is 17.8 Å². The van der Waals surface area contributed by atoms with E-state index in [9.17, 15) is 9.90 Å². The maximum absolute atomic E-state index is 12.4. The fourth-order valence-electron chi connectivity index (χ4n) is 4.23. The minimum atomic E-state index is 0.00177. The van der Waals surface area contributed by atoms with Crippen molar-refractivity contribution >= 4 is 34.7 Å². The second-order valence-electron chi connectivity index (χ2n) is 8.91. The second kappa shape index (κ2) is 11.1. The van der Waals surface area contributed by atoms with Crippen LogP contribution in [0, 0.1) is 0 Å². The van der Waals surface area contributed by atoms with Crippen molar-refractivity contribution in [2.24, 2.45) is 4.99 Å². The Balaban J connectivity index is 1.61. The van der Waals surface area contributed by atoms with Crippen LogP contribution >= 0.6 is 0 Å². The first-order chi connectivity index (χ1) is 16.5. The van der Waals surface area contributed by atoms with Crippen LogP contribution in [0.3, 0.4) is 0 Å². The summed E-state index contributed by atoms with van der Waals surface area (Å²) in [4.78, 5) is 32.7. The predicted octanol–water partition coefficient (Wildman–Crippen LogP) is 3.68. The van der Waals surface area contributed by atoms with Crippen molar-refractivity contribution in [1.82, 2.24) is 24.8 Å². The number of nitrogens with one attached hydrogen (secondary N) is 2. The lowest BCUT2D eigenvalue weighted by atomic mass is 10.1. The number of H-pyrrole nitrogens is 1. The van der Waals surface area contributed by atoms with Gasteiger partial charge in [-0.3, -0.25) is 9.79 Å². The highest BCUT2D eigenvalue weighted by atomic mass is 16.3. The minimum absolute atomic E-state index is 0.00177. The fraction of sp³-hybridized carbons (Fsp3) is 0.440. The van der Waals surface area contributed by atoms with Gasteiger partial charge in [-0.25, -0.2) is 9.97 Å². The van der Waals surface area contributed by atoms with E-state index in [2.05, 4.69) is 49.3 Å². The van der Waals surface area contributed by atoms with Crippen LogP contribution in [0.5, 0.6) is 5.88 Å². The molecule has 0 unspecified atom stereocenters. The number of carbonyl (C=O) groups is 1. The number of aromatic nitrogens is 3. The van der Waals surface area contributed by atoms with E-state index in [-0.39, 0.29) is 11.8 Å². The molecule has 34 heavy (non-hydrogen) atoms. The van der Waals surface area contributed by atoms with Gasteiger partial charge < -0.3 is 25.2 Å². The van der Waals surface area contributed by atoms with Crippen molar-refractivity contribution in [3.8, 4) is 5.88 Å². The minimum Gasteiger partial charge on any atom is -0.494 e. The summed E-state index contributed by atoms with van der Waals surface area (Å²) in [5.74, 6) is 0.815. The van der Waals surface area contributed by atoms with E-state index in [4.69, 9.17) is 0 Å². The number of benzene rings is 1. The maximum atomic E-state index is 12.4. The number of nitrogens with zero attached hydrogens (tertiary/aromatic N) is 5. The molecule has 1 aliphatic heterocycles. The summed E-state index contributed by atoms with van der Waals surface area (Å²) in [6.07, 6.45) is 7.51. The van der Waals surface area contributed by atoms with Gasteiger partial charge in [0, 0.05) is 39.3 Å². The number of fused-ring (bicyclic) bond motifs is 2. The smallest absolute Gasteiger partial charge is 0.222 e. The molecule has 9 heteroatoms. The van der Waals surface area contributed by atoms with Crippen LogP contribution in [-0.2, 0) is 11.3 Å². The third-order valence-corrected chi connectivity index (χ3v) is 6.13. The Morgan fingerprint density at radius 3 is 2.82 bits per heavy atom. The molecule has 2 bridgehead atoms. The third kappa shape index (κ3) is 5.91. The van der Waals surface area contributed by atoms with Gasteiger partial charge in [0.15, 0.2) is 5.88 Å². The van der Waals surface area contributed by atoms with Crippen LogP contribution in [0.15, 0.2) is 35.6 Å². The molecule has 4 rings (SSSR count). The number of anilines is 1. The lowest BCUT2D eigenvalue weighted by Crippen LogP contribution is -2.28. The topological polar surface area (TPSA) is 110 Å². The quantitative estimate of drug-likeness (QED) is 0.469. The Hall–Kier alpha value is -3.46. The average Bonchev–Trinajstić information content (AvgIpc) is 3.15.